The molecule has 1 heterocycles. The summed E-state index contributed by atoms with van der Waals surface area (Å²) in [5, 5.41) is 7.00. The van der Waals surface area contributed by atoms with Gasteiger partial charge in [0, 0.05) is 31.7 Å². The van der Waals surface area contributed by atoms with Crippen LogP contribution in [0.15, 0.2) is 29.3 Å². The van der Waals surface area contributed by atoms with Crippen LogP contribution in [0.4, 0.5) is 0 Å². The first-order valence-corrected chi connectivity index (χ1v) is 10.8. The molecule has 2 unspecified atom stereocenters. The van der Waals surface area contributed by atoms with E-state index >= 15 is 0 Å². The Kier molecular flexibility index (Phi) is 7.83. The van der Waals surface area contributed by atoms with Gasteiger partial charge >= 0.3 is 0 Å². The second kappa shape index (κ2) is 10.6. The molecule has 3 rings (SSSR count). The Morgan fingerprint density at radius 1 is 1.21 bits per heavy atom. The summed E-state index contributed by atoms with van der Waals surface area (Å²) in [5.41, 5.74) is 0. The van der Waals surface area contributed by atoms with Gasteiger partial charge in [0.25, 0.3) is 0 Å². The summed E-state index contributed by atoms with van der Waals surface area (Å²) < 4.78 is 11.4. The third-order valence-electron chi connectivity index (χ3n) is 5.65. The van der Waals surface area contributed by atoms with Gasteiger partial charge in [-0.25, -0.2) is 4.99 Å². The van der Waals surface area contributed by atoms with Crippen molar-refractivity contribution in [2.75, 3.05) is 33.3 Å². The van der Waals surface area contributed by atoms with Crippen molar-refractivity contribution in [3.8, 4) is 11.5 Å². The van der Waals surface area contributed by atoms with E-state index in [0.29, 0.717) is 12.6 Å². The summed E-state index contributed by atoms with van der Waals surface area (Å²) >= 11 is 0. The largest absolute Gasteiger partial charge is 0.493 e. The lowest BCUT2D eigenvalue weighted by atomic mass is 10.2. The van der Waals surface area contributed by atoms with E-state index in [1.54, 1.807) is 7.11 Å². The third-order valence-corrected chi connectivity index (χ3v) is 5.65. The number of methoxy groups -OCH3 is 1. The number of likely N-dealkylation sites (tertiary alicyclic amines) is 1. The maximum atomic E-state index is 6.02. The van der Waals surface area contributed by atoms with Crippen molar-refractivity contribution >= 4 is 5.96 Å². The molecule has 2 atom stereocenters. The molecular weight excluding hydrogens is 352 g/mol. The number of hydrogen-bond acceptors (Lipinski definition) is 4. The topological polar surface area (TPSA) is 58.1 Å². The van der Waals surface area contributed by atoms with Crippen molar-refractivity contribution in [2.45, 2.75) is 64.1 Å². The SMILES string of the molecule is CCNC(=NCC(C)Oc1ccccc1OC)NC1CCN(C2CCCC2)C1. The number of rotatable bonds is 8. The minimum atomic E-state index is -0.0367. The summed E-state index contributed by atoms with van der Waals surface area (Å²) in [7, 11) is 1.66. The molecule has 0 bridgehead atoms. The van der Waals surface area contributed by atoms with E-state index in [2.05, 4.69) is 22.5 Å². The number of nitrogens with one attached hydrogen (secondary N) is 2. The summed E-state index contributed by atoms with van der Waals surface area (Å²) in [6, 6.07) is 9.02. The molecule has 2 fully saturated rings. The van der Waals surface area contributed by atoms with Crippen LogP contribution in [0.25, 0.3) is 0 Å². The van der Waals surface area contributed by atoms with Gasteiger partial charge in [0.2, 0.25) is 0 Å². The predicted octanol–water partition coefficient (Wildman–Crippen LogP) is 3.03. The van der Waals surface area contributed by atoms with Gasteiger partial charge in [-0.15, -0.1) is 0 Å². The quantitative estimate of drug-likeness (QED) is 0.530. The highest BCUT2D eigenvalue weighted by Gasteiger charge is 2.30. The highest BCUT2D eigenvalue weighted by molar-refractivity contribution is 5.80. The fourth-order valence-electron chi connectivity index (χ4n) is 4.21. The molecule has 1 saturated heterocycles. The Morgan fingerprint density at radius 3 is 2.68 bits per heavy atom. The number of guanidine groups is 1. The maximum Gasteiger partial charge on any atom is 0.191 e. The highest BCUT2D eigenvalue weighted by atomic mass is 16.5. The van der Waals surface area contributed by atoms with E-state index in [-0.39, 0.29) is 6.10 Å². The van der Waals surface area contributed by atoms with Crippen molar-refractivity contribution < 1.29 is 9.47 Å². The summed E-state index contributed by atoms with van der Waals surface area (Å²) in [6.45, 7) is 7.92. The van der Waals surface area contributed by atoms with Crippen LogP contribution in [0.2, 0.25) is 0 Å². The van der Waals surface area contributed by atoms with Crippen molar-refractivity contribution in [3.05, 3.63) is 24.3 Å². The van der Waals surface area contributed by atoms with Gasteiger partial charge < -0.3 is 20.1 Å². The van der Waals surface area contributed by atoms with Gasteiger partial charge in [0.05, 0.1) is 13.7 Å². The second-order valence-electron chi connectivity index (χ2n) is 7.86. The number of hydrogen-bond donors (Lipinski definition) is 2. The monoisotopic (exact) mass is 388 g/mol. The van der Waals surface area contributed by atoms with Gasteiger partial charge in [-0.3, -0.25) is 4.90 Å². The van der Waals surface area contributed by atoms with Gasteiger partial charge in [-0.05, 0) is 45.2 Å². The zero-order valence-corrected chi connectivity index (χ0v) is 17.6. The van der Waals surface area contributed by atoms with E-state index in [0.717, 1.165) is 36.6 Å². The van der Waals surface area contributed by atoms with E-state index in [1.807, 2.05) is 31.2 Å². The van der Waals surface area contributed by atoms with Crippen molar-refractivity contribution in [2.24, 2.45) is 4.99 Å². The van der Waals surface area contributed by atoms with Crippen LogP contribution in [-0.2, 0) is 0 Å². The van der Waals surface area contributed by atoms with Crippen molar-refractivity contribution in [1.82, 2.24) is 15.5 Å². The van der Waals surface area contributed by atoms with Gasteiger partial charge in [0.15, 0.2) is 17.5 Å². The lowest BCUT2D eigenvalue weighted by Crippen LogP contribution is -2.45. The molecule has 1 aromatic rings. The Labute approximate surface area is 169 Å². The maximum absolute atomic E-state index is 6.02. The first-order valence-electron chi connectivity index (χ1n) is 10.8. The van der Waals surface area contributed by atoms with Gasteiger partial charge in [-0.2, -0.15) is 0 Å². The lowest BCUT2D eigenvalue weighted by molar-refractivity contribution is 0.219. The van der Waals surface area contributed by atoms with E-state index < -0.39 is 0 Å². The Bertz CT molecular complexity index is 631. The summed E-state index contributed by atoms with van der Waals surface area (Å²) in [6.07, 6.45) is 6.69. The van der Waals surface area contributed by atoms with Gasteiger partial charge in [-0.1, -0.05) is 25.0 Å². The molecule has 1 aliphatic carbocycles. The van der Waals surface area contributed by atoms with E-state index in [4.69, 9.17) is 14.5 Å². The molecule has 0 aromatic heterocycles. The number of para-hydroxylation sites is 2. The molecule has 28 heavy (non-hydrogen) atoms. The molecule has 2 N–H and O–H groups in total. The zero-order chi connectivity index (χ0) is 19.8. The minimum Gasteiger partial charge on any atom is -0.493 e. The number of nitrogens with zero attached hydrogens (tertiary/aromatic N) is 2. The van der Waals surface area contributed by atoms with Crippen LogP contribution in [0.1, 0.15) is 46.0 Å². The first-order chi connectivity index (χ1) is 13.7. The average molecular weight is 389 g/mol. The average Bonchev–Trinajstić information content (AvgIpc) is 3.38. The molecule has 1 aromatic carbocycles. The Morgan fingerprint density at radius 2 is 1.96 bits per heavy atom. The van der Waals surface area contributed by atoms with Crippen molar-refractivity contribution in [3.63, 3.8) is 0 Å². The molecule has 1 saturated carbocycles. The third kappa shape index (κ3) is 5.77. The molecule has 6 nitrogen and oxygen atoms in total. The molecular formula is C22H36N4O2. The molecule has 6 heteroatoms. The van der Waals surface area contributed by atoms with Crippen LogP contribution in [-0.4, -0.2) is 62.3 Å². The smallest absolute Gasteiger partial charge is 0.191 e. The van der Waals surface area contributed by atoms with Crippen LogP contribution >= 0.6 is 0 Å². The molecule has 1 aliphatic heterocycles. The fourth-order valence-corrected chi connectivity index (χ4v) is 4.21. The lowest BCUT2D eigenvalue weighted by Gasteiger charge is -2.24. The van der Waals surface area contributed by atoms with Crippen LogP contribution in [0, 0.1) is 0 Å². The zero-order valence-electron chi connectivity index (χ0n) is 17.6. The van der Waals surface area contributed by atoms with Gasteiger partial charge in [0.1, 0.15) is 6.10 Å². The standard InChI is InChI=1S/C22H36N4O2/c1-4-23-22(25-18-13-14-26(16-18)19-9-5-6-10-19)24-15-17(2)28-21-12-8-7-11-20(21)27-3/h7-8,11-12,17-19H,4-6,9-10,13-16H2,1-3H3,(H2,23,24,25). The molecule has 0 radical (unpaired) electrons. The second-order valence-corrected chi connectivity index (χ2v) is 7.86. The normalized spacial score (nSPS) is 22.2. The van der Waals surface area contributed by atoms with Crippen LogP contribution in [0.3, 0.4) is 0 Å². The minimum absolute atomic E-state index is 0.0367. The van der Waals surface area contributed by atoms with Crippen LogP contribution in [0.5, 0.6) is 11.5 Å². The summed E-state index contributed by atoms with van der Waals surface area (Å²) in [4.78, 5) is 7.43. The number of benzene rings is 1. The van der Waals surface area contributed by atoms with E-state index in [9.17, 15) is 0 Å². The molecule has 0 amide bonds. The Hall–Kier alpha value is -1.95. The molecule has 2 aliphatic rings. The first kappa shape index (κ1) is 20.8. The molecule has 0 spiro atoms. The predicted molar refractivity (Wildman–Crippen MR) is 114 cm³/mol. The van der Waals surface area contributed by atoms with Crippen LogP contribution < -0.4 is 20.1 Å². The fraction of sp³-hybridized carbons (Fsp3) is 0.682. The Balaban J connectivity index is 1.50. The molecule has 156 valence electrons. The highest BCUT2D eigenvalue weighted by Crippen LogP contribution is 2.27. The number of ether oxygens (including phenoxy) is 2. The summed E-state index contributed by atoms with van der Waals surface area (Å²) in [5.74, 6) is 2.39. The van der Waals surface area contributed by atoms with Crippen molar-refractivity contribution in [1.29, 1.82) is 0 Å². The van der Waals surface area contributed by atoms with E-state index in [1.165, 1.54) is 38.6 Å². The number of aliphatic imine (C=N–C) groups is 1.